The maximum Gasteiger partial charge on any atom is 0.125 e. The van der Waals surface area contributed by atoms with Crippen LogP contribution in [0.3, 0.4) is 0 Å². The van der Waals surface area contributed by atoms with Crippen LogP contribution in [0, 0.1) is 5.82 Å². The second kappa shape index (κ2) is 7.81. The second-order valence-electron chi connectivity index (χ2n) is 5.97. The first-order valence-corrected chi connectivity index (χ1v) is 8.50. The van der Waals surface area contributed by atoms with E-state index in [1.54, 1.807) is 6.07 Å². The number of nitrogens with zero attached hydrogens (tertiary/aromatic N) is 5. The summed E-state index contributed by atoms with van der Waals surface area (Å²) in [6, 6.07) is 12.7. The molecule has 3 rings (SSSR count). The van der Waals surface area contributed by atoms with Gasteiger partial charge in [-0.1, -0.05) is 30.6 Å². The molecule has 0 spiro atoms. The van der Waals surface area contributed by atoms with E-state index in [4.69, 9.17) is 10.5 Å². The van der Waals surface area contributed by atoms with Crippen LogP contribution in [-0.2, 0) is 12.8 Å². The summed E-state index contributed by atoms with van der Waals surface area (Å²) in [5.74, 6) is 0.686. The van der Waals surface area contributed by atoms with Crippen molar-refractivity contribution in [2.75, 3.05) is 6.54 Å². The number of imidazole rings is 1. The van der Waals surface area contributed by atoms with Crippen molar-refractivity contribution in [1.82, 2.24) is 9.55 Å². The number of hydrogen-bond donors (Lipinski definition) is 0. The molecule has 1 heterocycles. The summed E-state index contributed by atoms with van der Waals surface area (Å²) in [6.45, 7) is 2.59. The smallest absolute Gasteiger partial charge is 0.125 e. The van der Waals surface area contributed by atoms with Crippen molar-refractivity contribution in [2.24, 2.45) is 5.11 Å². The summed E-state index contributed by atoms with van der Waals surface area (Å²) in [4.78, 5) is 7.46. The molecule has 0 atom stereocenters. The Labute approximate surface area is 145 Å². The Morgan fingerprint density at radius 2 is 1.96 bits per heavy atom. The summed E-state index contributed by atoms with van der Waals surface area (Å²) in [5, 5.41) is 3.56. The third-order valence-electron chi connectivity index (χ3n) is 4.20. The number of aryl methyl sites for hydroxylation is 1. The van der Waals surface area contributed by atoms with E-state index in [1.807, 2.05) is 28.8 Å². The van der Waals surface area contributed by atoms with E-state index in [0.29, 0.717) is 13.0 Å². The van der Waals surface area contributed by atoms with E-state index in [1.165, 1.54) is 12.1 Å². The van der Waals surface area contributed by atoms with E-state index in [2.05, 4.69) is 16.9 Å². The molecule has 0 N–H and O–H groups in total. The Morgan fingerprint density at radius 3 is 2.68 bits per heavy atom. The predicted molar refractivity (Wildman–Crippen MR) is 97.4 cm³/mol. The molecule has 0 radical (unpaired) electrons. The van der Waals surface area contributed by atoms with Crippen molar-refractivity contribution in [3.05, 3.63) is 70.1 Å². The predicted octanol–water partition coefficient (Wildman–Crippen LogP) is 5.36. The van der Waals surface area contributed by atoms with Gasteiger partial charge in [-0.2, -0.15) is 0 Å². The third kappa shape index (κ3) is 3.80. The average molecular weight is 337 g/mol. The monoisotopic (exact) mass is 337 g/mol. The summed E-state index contributed by atoms with van der Waals surface area (Å²) in [5.41, 5.74) is 12.0. The number of azide groups is 1. The number of halogens is 1. The van der Waals surface area contributed by atoms with Crippen LogP contribution in [0.2, 0.25) is 0 Å². The zero-order valence-electron chi connectivity index (χ0n) is 14.2. The SMILES string of the molecule is CCCCc1nc2ccc(F)cc2n1-c1ccc(CCN=[N+]=[N-])cc1. The maximum absolute atomic E-state index is 13.7. The zero-order valence-corrected chi connectivity index (χ0v) is 14.2. The van der Waals surface area contributed by atoms with Crippen molar-refractivity contribution in [3.63, 3.8) is 0 Å². The number of fused-ring (bicyclic) bond motifs is 1. The molecule has 0 aliphatic rings. The van der Waals surface area contributed by atoms with Crippen LogP contribution in [0.5, 0.6) is 0 Å². The van der Waals surface area contributed by atoms with Gasteiger partial charge in [0.2, 0.25) is 0 Å². The number of hydrogen-bond acceptors (Lipinski definition) is 2. The molecule has 5 nitrogen and oxygen atoms in total. The summed E-state index contributed by atoms with van der Waals surface area (Å²) in [7, 11) is 0. The van der Waals surface area contributed by atoms with Gasteiger partial charge in [-0.15, -0.1) is 0 Å². The Kier molecular flexibility index (Phi) is 5.31. The summed E-state index contributed by atoms with van der Waals surface area (Å²) in [6.07, 6.45) is 3.67. The minimum atomic E-state index is -0.262. The van der Waals surface area contributed by atoms with Gasteiger partial charge in [-0.05, 0) is 48.2 Å². The van der Waals surface area contributed by atoms with Gasteiger partial charge in [-0.3, -0.25) is 4.57 Å². The van der Waals surface area contributed by atoms with Crippen LogP contribution in [-0.4, -0.2) is 16.1 Å². The van der Waals surface area contributed by atoms with Gasteiger partial charge >= 0.3 is 0 Å². The molecule has 0 aliphatic heterocycles. The molecule has 0 aliphatic carbocycles. The Bertz CT molecular complexity index is 907. The molecular formula is C19H20FN5. The first kappa shape index (κ1) is 17.0. The number of rotatable bonds is 7. The van der Waals surface area contributed by atoms with Crippen LogP contribution >= 0.6 is 0 Å². The van der Waals surface area contributed by atoms with Gasteiger partial charge in [0.05, 0.1) is 11.0 Å². The zero-order chi connectivity index (χ0) is 17.6. The quantitative estimate of drug-likeness (QED) is 0.325. The topological polar surface area (TPSA) is 66.6 Å². The van der Waals surface area contributed by atoms with Gasteiger partial charge in [0, 0.05) is 29.6 Å². The molecule has 0 saturated carbocycles. The number of benzene rings is 2. The highest BCUT2D eigenvalue weighted by Gasteiger charge is 2.13. The van der Waals surface area contributed by atoms with Gasteiger partial charge < -0.3 is 0 Å². The molecule has 6 heteroatoms. The number of unbranched alkanes of at least 4 members (excludes halogenated alkanes) is 1. The maximum atomic E-state index is 13.7. The molecule has 1 aromatic heterocycles. The first-order valence-electron chi connectivity index (χ1n) is 8.50. The molecular weight excluding hydrogens is 317 g/mol. The van der Waals surface area contributed by atoms with Crippen molar-refractivity contribution < 1.29 is 4.39 Å². The molecule has 0 bridgehead atoms. The van der Waals surface area contributed by atoms with E-state index in [0.717, 1.165) is 47.4 Å². The van der Waals surface area contributed by atoms with Crippen LogP contribution < -0.4 is 0 Å². The fourth-order valence-corrected chi connectivity index (χ4v) is 2.92. The minimum absolute atomic E-state index is 0.262. The van der Waals surface area contributed by atoms with Gasteiger partial charge in [0.1, 0.15) is 11.6 Å². The lowest BCUT2D eigenvalue weighted by Gasteiger charge is -2.10. The molecule has 0 unspecified atom stereocenters. The lowest BCUT2D eigenvalue weighted by Crippen LogP contribution is -2.02. The Hall–Kier alpha value is -2.85. The van der Waals surface area contributed by atoms with E-state index in [9.17, 15) is 4.39 Å². The van der Waals surface area contributed by atoms with Crippen LogP contribution in [0.15, 0.2) is 47.6 Å². The molecule has 0 saturated heterocycles. The molecule has 0 fully saturated rings. The molecule has 0 amide bonds. The first-order chi connectivity index (χ1) is 12.2. The lowest BCUT2D eigenvalue weighted by atomic mass is 10.1. The highest BCUT2D eigenvalue weighted by Crippen LogP contribution is 2.24. The molecule has 128 valence electrons. The van der Waals surface area contributed by atoms with Crippen molar-refractivity contribution >= 4 is 11.0 Å². The molecule has 3 aromatic rings. The summed E-state index contributed by atoms with van der Waals surface area (Å²) >= 11 is 0. The van der Waals surface area contributed by atoms with Crippen molar-refractivity contribution in [3.8, 4) is 5.69 Å². The standard InChI is InChI=1S/C19H20FN5/c1-2-3-4-19-23-17-10-7-15(20)13-18(17)25(19)16-8-5-14(6-9-16)11-12-22-24-21/h5-10,13H,2-4,11-12H2,1H3. The lowest BCUT2D eigenvalue weighted by molar-refractivity contribution is 0.629. The van der Waals surface area contributed by atoms with Crippen LogP contribution in [0.4, 0.5) is 4.39 Å². The fraction of sp³-hybridized carbons (Fsp3) is 0.316. The highest BCUT2D eigenvalue weighted by atomic mass is 19.1. The van der Waals surface area contributed by atoms with Gasteiger partial charge in [-0.25, -0.2) is 9.37 Å². The normalized spacial score (nSPS) is 10.8. The second-order valence-corrected chi connectivity index (χ2v) is 5.97. The molecule has 25 heavy (non-hydrogen) atoms. The largest absolute Gasteiger partial charge is 0.296 e. The fourth-order valence-electron chi connectivity index (χ4n) is 2.92. The van der Waals surface area contributed by atoms with Crippen LogP contribution in [0.25, 0.3) is 27.2 Å². The van der Waals surface area contributed by atoms with Crippen molar-refractivity contribution in [1.29, 1.82) is 0 Å². The van der Waals surface area contributed by atoms with Gasteiger partial charge in [0.15, 0.2) is 0 Å². The average Bonchev–Trinajstić information content (AvgIpc) is 2.98. The Morgan fingerprint density at radius 1 is 1.16 bits per heavy atom. The van der Waals surface area contributed by atoms with Crippen molar-refractivity contribution in [2.45, 2.75) is 32.6 Å². The molecule has 2 aromatic carbocycles. The van der Waals surface area contributed by atoms with E-state index in [-0.39, 0.29) is 5.82 Å². The summed E-state index contributed by atoms with van der Waals surface area (Å²) < 4.78 is 15.8. The highest BCUT2D eigenvalue weighted by molar-refractivity contribution is 5.78. The van der Waals surface area contributed by atoms with E-state index < -0.39 is 0 Å². The van der Waals surface area contributed by atoms with E-state index >= 15 is 0 Å². The minimum Gasteiger partial charge on any atom is -0.296 e. The third-order valence-corrected chi connectivity index (χ3v) is 4.20. The van der Waals surface area contributed by atoms with Gasteiger partial charge in [0.25, 0.3) is 0 Å². The van der Waals surface area contributed by atoms with Crippen LogP contribution in [0.1, 0.15) is 31.2 Å². The Balaban J connectivity index is 2.00. The number of aromatic nitrogens is 2.